The van der Waals surface area contributed by atoms with Gasteiger partial charge in [0.2, 0.25) is 5.95 Å². The van der Waals surface area contributed by atoms with Gasteiger partial charge in [-0.2, -0.15) is 0 Å². The Hall–Kier alpha value is -8.86. The first-order valence-corrected chi connectivity index (χ1v) is 22.6. The highest BCUT2D eigenvalue weighted by Crippen LogP contribution is 2.42. The predicted octanol–water partition coefficient (Wildman–Crippen LogP) is 16.3. The molecule has 0 amide bonds. The van der Waals surface area contributed by atoms with Crippen LogP contribution in [-0.4, -0.2) is 19.1 Å². The minimum atomic E-state index is 0.655. The van der Waals surface area contributed by atoms with Gasteiger partial charge in [-0.05, 0) is 115 Å². The summed E-state index contributed by atoms with van der Waals surface area (Å²) in [6, 6.07) is 83.5. The molecule has 0 N–H and O–H groups in total. The molecule has 14 aromatic rings. The van der Waals surface area contributed by atoms with E-state index in [1.807, 2.05) is 6.07 Å². The zero-order valence-corrected chi connectivity index (χ0v) is 35.7. The van der Waals surface area contributed by atoms with Crippen LogP contribution in [0.1, 0.15) is 0 Å². The van der Waals surface area contributed by atoms with Gasteiger partial charge in [0, 0.05) is 38.2 Å². The van der Waals surface area contributed by atoms with E-state index in [4.69, 9.17) is 9.97 Å². The third kappa shape index (κ3) is 5.58. The van der Waals surface area contributed by atoms with Crippen molar-refractivity contribution in [1.82, 2.24) is 19.1 Å². The molecule has 0 saturated heterocycles. The fourth-order valence-electron chi connectivity index (χ4n) is 10.6. The molecule has 3 aromatic heterocycles. The van der Waals surface area contributed by atoms with Crippen LogP contribution in [0, 0.1) is 0 Å². The first-order chi connectivity index (χ1) is 32.7. The second-order valence-corrected chi connectivity index (χ2v) is 17.4. The highest BCUT2D eigenvalue weighted by Gasteiger charge is 2.21. The molecular formula is C62H38N4. The number of rotatable bonds is 5. The third-order valence-corrected chi connectivity index (χ3v) is 13.7. The van der Waals surface area contributed by atoms with Gasteiger partial charge < -0.3 is 4.57 Å². The molecule has 0 saturated carbocycles. The van der Waals surface area contributed by atoms with Crippen LogP contribution in [0.15, 0.2) is 231 Å². The Balaban J connectivity index is 0.967. The second-order valence-electron chi connectivity index (χ2n) is 17.4. The van der Waals surface area contributed by atoms with Crippen molar-refractivity contribution < 1.29 is 0 Å². The molecule has 0 radical (unpaired) electrons. The van der Waals surface area contributed by atoms with Gasteiger partial charge in [-0.15, -0.1) is 0 Å². The second kappa shape index (κ2) is 14.3. The van der Waals surface area contributed by atoms with E-state index in [0.717, 1.165) is 55.4 Å². The summed E-state index contributed by atoms with van der Waals surface area (Å²) in [5.74, 6) is 0.655. The van der Waals surface area contributed by atoms with Crippen molar-refractivity contribution in [2.24, 2.45) is 0 Å². The number of hydrogen-bond acceptors (Lipinski definition) is 2. The number of para-hydroxylation sites is 1. The molecule has 4 nitrogen and oxygen atoms in total. The lowest BCUT2D eigenvalue weighted by Crippen LogP contribution is -2.03. The summed E-state index contributed by atoms with van der Waals surface area (Å²) >= 11 is 0. The standard InChI is InChI=1S/C62H38N4/c1-2-15-43(16-3-1)61-51-20-10-11-21-54(51)63-62(64-61)66-56-33-29-47(38-53(56)60-50-19-9-7-14-42(50)27-35-58(60)66)46-28-32-55-52(37-46)59-49-18-8-6-13-41(49)26-34-57(59)65(55)48-30-24-40(25-31-48)45-23-22-39-12-4-5-17-44(39)36-45/h1-38H. The normalized spacial score (nSPS) is 11.9. The van der Waals surface area contributed by atoms with E-state index in [0.29, 0.717) is 5.95 Å². The Labute approximate surface area is 379 Å². The minimum absolute atomic E-state index is 0.655. The molecule has 3 heterocycles. The first kappa shape index (κ1) is 36.6. The number of nitrogens with zero attached hydrogens (tertiary/aromatic N) is 4. The van der Waals surface area contributed by atoms with Gasteiger partial charge in [0.05, 0.1) is 33.3 Å². The lowest BCUT2D eigenvalue weighted by Gasteiger charge is -2.12. The molecule has 66 heavy (non-hydrogen) atoms. The zero-order valence-electron chi connectivity index (χ0n) is 35.7. The van der Waals surface area contributed by atoms with Crippen molar-refractivity contribution in [3.8, 4) is 45.1 Å². The van der Waals surface area contributed by atoms with Gasteiger partial charge in [0.15, 0.2) is 0 Å². The summed E-state index contributed by atoms with van der Waals surface area (Å²) in [5.41, 5.74) is 13.3. The van der Waals surface area contributed by atoms with E-state index >= 15 is 0 Å². The van der Waals surface area contributed by atoms with Crippen LogP contribution in [0.3, 0.4) is 0 Å². The number of benzene rings is 11. The Kier molecular flexibility index (Phi) is 7.95. The maximum atomic E-state index is 5.37. The zero-order chi connectivity index (χ0) is 43.3. The molecule has 0 aliphatic heterocycles. The predicted molar refractivity (Wildman–Crippen MR) is 277 cm³/mol. The molecule has 0 unspecified atom stereocenters. The van der Waals surface area contributed by atoms with Crippen molar-refractivity contribution in [2.75, 3.05) is 0 Å². The highest BCUT2D eigenvalue weighted by atomic mass is 15.2. The van der Waals surface area contributed by atoms with Gasteiger partial charge in [0.25, 0.3) is 0 Å². The molecule has 0 aliphatic rings. The average molecular weight is 839 g/mol. The van der Waals surface area contributed by atoms with Crippen molar-refractivity contribution >= 4 is 86.8 Å². The molecule has 306 valence electrons. The Morgan fingerprint density at radius 2 is 0.758 bits per heavy atom. The summed E-state index contributed by atoms with van der Waals surface area (Å²) < 4.78 is 4.69. The average Bonchev–Trinajstić information content (AvgIpc) is 3.91. The molecule has 4 heteroatoms. The number of hydrogen-bond donors (Lipinski definition) is 0. The van der Waals surface area contributed by atoms with Crippen LogP contribution in [-0.2, 0) is 0 Å². The van der Waals surface area contributed by atoms with E-state index in [-0.39, 0.29) is 0 Å². The molecule has 0 spiro atoms. The van der Waals surface area contributed by atoms with Crippen molar-refractivity contribution in [3.63, 3.8) is 0 Å². The molecule has 14 rings (SSSR count). The summed E-state index contributed by atoms with van der Waals surface area (Å²) in [6.45, 7) is 0. The van der Waals surface area contributed by atoms with Crippen LogP contribution in [0.2, 0.25) is 0 Å². The lowest BCUT2D eigenvalue weighted by atomic mass is 9.98. The largest absolute Gasteiger partial charge is 0.309 e. The van der Waals surface area contributed by atoms with Gasteiger partial charge in [0.1, 0.15) is 0 Å². The topological polar surface area (TPSA) is 35.6 Å². The highest BCUT2D eigenvalue weighted by molar-refractivity contribution is 6.23. The minimum Gasteiger partial charge on any atom is -0.309 e. The Bertz CT molecular complexity index is 4270. The van der Waals surface area contributed by atoms with Gasteiger partial charge in [-0.3, -0.25) is 4.57 Å². The lowest BCUT2D eigenvalue weighted by molar-refractivity contribution is 1.01. The quantitative estimate of drug-likeness (QED) is 0.173. The molecular weight excluding hydrogens is 801 g/mol. The summed E-state index contributed by atoms with van der Waals surface area (Å²) in [5, 5.41) is 13.3. The van der Waals surface area contributed by atoms with Crippen LogP contribution in [0.4, 0.5) is 0 Å². The van der Waals surface area contributed by atoms with Gasteiger partial charge >= 0.3 is 0 Å². The fourth-order valence-corrected chi connectivity index (χ4v) is 10.6. The fraction of sp³-hybridized carbons (Fsp3) is 0. The van der Waals surface area contributed by atoms with E-state index < -0.39 is 0 Å². The number of fused-ring (bicyclic) bond motifs is 12. The molecule has 11 aromatic carbocycles. The van der Waals surface area contributed by atoms with Crippen LogP contribution in [0.25, 0.3) is 132 Å². The smallest absolute Gasteiger partial charge is 0.235 e. The Morgan fingerprint density at radius 3 is 1.44 bits per heavy atom. The summed E-state index contributed by atoms with van der Waals surface area (Å²) in [6.07, 6.45) is 0. The molecule has 0 fully saturated rings. The SMILES string of the molecule is c1ccc(-c2nc(-n3c4ccc(-c5ccc6c(c5)c5c7ccccc7ccc5n6-c5ccc(-c6ccc7ccccc7c6)cc5)cc4c4c5ccccc5ccc43)nc3ccccc23)cc1. The van der Waals surface area contributed by atoms with Gasteiger partial charge in [-0.25, -0.2) is 9.97 Å². The van der Waals surface area contributed by atoms with E-state index in [2.05, 4.69) is 234 Å². The third-order valence-electron chi connectivity index (χ3n) is 13.7. The maximum Gasteiger partial charge on any atom is 0.235 e. The number of aromatic nitrogens is 4. The Morgan fingerprint density at radius 1 is 0.273 bits per heavy atom. The van der Waals surface area contributed by atoms with E-state index in [1.165, 1.54) is 70.6 Å². The van der Waals surface area contributed by atoms with Crippen molar-refractivity contribution in [2.45, 2.75) is 0 Å². The first-order valence-electron chi connectivity index (χ1n) is 22.6. The summed E-state index contributed by atoms with van der Waals surface area (Å²) in [4.78, 5) is 10.6. The van der Waals surface area contributed by atoms with Crippen molar-refractivity contribution in [1.29, 1.82) is 0 Å². The summed E-state index contributed by atoms with van der Waals surface area (Å²) in [7, 11) is 0. The molecule has 0 aliphatic carbocycles. The molecule has 0 bridgehead atoms. The maximum absolute atomic E-state index is 5.37. The monoisotopic (exact) mass is 838 g/mol. The van der Waals surface area contributed by atoms with Crippen LogP contribution >= 0.6 is 0 Å². The van der Waals surface area contributed by atoms with Crippen LogP contribution < -0.4 is 0 Å². The van der Waals surface area contributed by atoms with Gasteiger partial charge in [-0.1, -0.05) is 170 Å². The van der Waals surface area contributed by atoms with Crippen LogP contribution in [0.5, 0.6) is 0 Å². The molecule has 0 atom stereocenters. The van der Waals surface area contributed by atoms with E-state index in [1.54, 1.807) is 0 Å². The van der Waals surface area contributed by atoms with E-state index in [9.17, 15) is 0 Å². The van der Waals surface area contributed by atoms with Crippen molar-refractivity contribution in [3.05, 3.63) is 231 Å².